The molecule has 0 N–H and O–H groups in total. The number of hydrogen-bond acceptors (Lipinski definition) is 6. The second kappa shape index (κ2) is 6.63. The van der Waals surface area contributed by atoms with Gasteiger partial charge in [-0.1, -0.05) is 0 Å². The lowest BCUT2D eigenvalue weighted by Gasteiger charge is -2.10. The summed E-state index contributed by atoms with van der Waals surface area (Å²) in [5.74, 6) is -0.247. The molecule has 20 heavy (non-hydrogen) atoms. The lowest BCUT2D eigenvalue weighted by atomic mass is 10.1. The third kappa shape index (κ3) is 3.10. The third-order valence-corrected chi connectivity index (χ3v) is 2.55. The van der Waals surface area contributed by atoms with Gasteiger partial charge in [-0.25, -0.2) is 9.78 Å². The lowest BCUT2D eigenvalue weighted by molar-refractivity contribution is 0.0458. The Morgan fingerprint density at radius 3 is 2.55 bits per heavy atom. The van der Waals surface area contributed by atoms with Crippen molar-refractivity contribution in [3.05, 3.63) is 42.4 Å². The van der Waals surface area contributed by atoms with Crippen molar-refractivity contribution in [2.45, 2.75) is 0 Å². The highest BCUT2D eigenvalue weighted by Gasteiger charge is 2.16. The Morgan fingerprint density at radius 2 is 1.90 bits per heavy atom. The van der Waals surface area contributed by atoms with E-state index in [4.69, 9.17) is 14.2 Å². The highest BCUT2D eigenvalue weighted by molar-refractivity contribution is 5.91. The summed E-state index contributed by atoms with van der Waals surface area (Å²) < 4.78 is 14.8. The molecule has 104 valence electrons. The van der Waals surface area contributed by atoms with E-state index < -0.39 is 5.97 Å². The summed E-state index contributed by atoms with van der Waals surface area (Å²) in [6.45, 7) is 0.0281. The van der Waals surface area contributed by atoms with Gasteiger partial charge >= 0.3 is 5.97 Å². The van der Waals surface area contributed by atoms with Gasteiger partial charge in [0, 0.05) is 25.1 Å². The molecule has 0 saturated carbocycles. The summed E-state index contributed by atoms with van der Waals surface area (Å²) in [6, 6.07) is 7.03. The van der Waals surface area contributed by atoms with Crippen LogP contribution in [0.25, 0.3) is 11.3 Å². The van der Waals surface area contributed by atoms with Crippen molar-refractivity contribution in [1.82, 2.24) is 9.97 Å². The van der Waals surface area contributed by atoms with Gasteiger partial charge in [-0.05, 0) is 24.3 Å². The van der Waals surface area contributed by atoms with Gasteiger partial charge in [0.05, 0.1) is 12.8 Å². The molecule has 0 radical (unpaired) electrons. The van der Waals surface area contributed by atoms with Crippen molar-refractivity contribution in [1.29, 1.82) is 0 Å². The molecule has 6 nitrogen and oxygen atoms in total. The molecule has 2 rings (SSSR count). The molecule has 0 aliphatic carbocycles. The zero-order valence-corrected chi connectivity index (χ0v) is 11.2. The van der Waals surface area contributed by atoms with E-state index in [0.717, 1.165) is 5.56 Å². The number of aromatic nitrogens is 2. The Balaban J connectivity index is 2.40. The van der Waals surface area contributed by atoms with Crippen molar-refractivity contribution in [2.75, 3.05) is 21.0 Å². The third-order valence-electron chi connectivity index (χ3n) is 2.55. The van der Waals surface area contributed by atoms with E-state index in [9.17, 15) is 4.79 Å². The molecule has 0 fully saturated rings. The molecule has 0 aliphatic heterocycles. The molecule has 0 aromatic carbocycles. The largest absolute Gasteiger partial charge is 0.465 e. The molecule has 0 amide bonds. The molecule has 2 aromatic heterocycles. The van der Waals surface area contributed by atoms with Crippen LogP contribution in [0, 0.1) is 0 Å². The smallest absolute Gasteiger partial charge is 0.360 e. The molecule has 6 heteroatoms. The van der Waals surface area contributed by atoms with E-state index in [1.807, 2.05) is 0 Å². The number of methoxy groups -OCH3 is 2. The summed E-state index contributed by atoms with van der Waals surface area (Å²) in [5, 5.41) is 0. The van der Waals surface area contributed by atoms with E-state index in [-0.39, 0.29) is 12.5 Å². The minimum atomic E-state index is -0.563. The first kappa shape index (κ1) is 14.0. The molecule has 0 bridgehead atoms. The van der Waals surface area contributed by atoms with Gasteiger partial charge in [-0.2, -0.15) is 0 Å². The van der Waals surface area contributed by atoms with Crippen molar-refractivity contribution in [3.8, 4) is 17.0 Å². The first-order valence-electron chi connectivity index (χ1n) is 5.87. The fourth-order valence-corrected chi connectivity index (χ4v) is 1.61. The number of hydrogen-bond donors (Lipinski definition) is 0. The Hall–Kier alpha value is -2.47. The highest BCUT2D eigenvalue weighted by atomic mass is 16.7. The Labute approximate surface area is 116 Å². The van der Waals surface area contributed by atoms with Crippen molar-refractivity contribution < 1.29 is 19.0 Å². The number of carbonyl (C=O) groups is 1. The monoisotopic (exact) mass is 274 g/mol. The molecular formula is C14H14N2O4. The quantitative estimate of drug-likeness (QED) is 0.612. The molecule has 0 atom stereocenters. The lowest BCUT2D eigenvalue weighted by Crippen LogP contribution is -2.10. The SMILES string of the molecule is COCOc1ccc(-c2ccncc2)nc1C(=O)OC. The van der Waals surface area contributed by atoms with Crippen LogP contribution in [0.15, 0.2) is 36.7 Å². The van der Waals surface area contributed by atoms with E-state index in [1.165, 1.54) is 14.2 Å². The van der Waals surface area contributed by atoms with E-state index in [0.29, 0.717) is 11.4 Å². The van der Waals surface area contributed by atoms with Crippen LogP contribution in [-0.2, 0) is 9.47 Å². The van der Waals surface area contributed by atoms with Gasteiger partial charge in [0.15, 0.2) is 18.2 Å². The van der Waals surface area contributed by atoms with Crippen molar-refractivity contribution in [2.24, 2.45) is 0 Å². The number of carbonyl (C=O) groups excluding carboxylic acids is 1. The van der Waals surface area contributed by atoms with Crippen LogP contribution >= 0.6 is 0 Å². The summed E-state index contributed by atoms with van der Waals surface area (Å²) in [6.07, 6.45) is 3.31. The number of nitrogens with zero attached hydrogens (tertiary/aromatic N) is 2. The van der Waals surface area contributed by atoms with Gasteiger partial charge in [0.25, 0.3) is 0 Å². The maximum atomic E-state index is 11.8. The van der Waals surface area contributed by atoms with Crippen LogP contribution in [0.3, 0.4) is 0 Å². The minimum absolute atomic E-state index is 0.0281. The standard InChI is InChI=1S/C14H14N2O4/c1-18-9-20-12-4-3-11(10-5-7-15-8-6-10)16-13(12)14(17)19-2/h3-8H,9H2,1-2H3. The van der Waals surface area contributed by atoms with Crippen LogP contribution in [0.2, 0.25) is 0 Å². The van der Waals surface area contributed by atoms with E-state index in [1.54, 1.807) is 36.7 Å². The minimum Gasteiger partial charge on any atom is -0.465 e. The second-order valence-corrected chi connectivity index (χ2v) is 3.82. The maximum absolute atomic E-state index is 11.8. The molecule has 0 unspecified atom stereocenters. The summed E-state index contributed by atoms with van der Waals surface area (Å²) >= 11 is 0. The molecule has 0 spiro atoms. The van der Waals surface area contributed by atoms with Crippen LogP contribution in [0.4, 0.5) is 0 Å². The number of esters is 1. The first-order valence-corrected chi connectivity index (χ1v) is 5.87. The fourth-order valence-electron chi connectivity index (χ4n) is 1.61. The molecule has 0 aliphatic rings. The van der Waals surface area contributed by atoms with Gasteiger partial charge in [0.2, 0.25) is 0 Å². The van der Waals surface area contributed by atoms with Crippen LogP contribution in [-0.4, -0.2) is 36.9 Å². The van der Waals surface area contributed by atoms with Crippen molar-refractivity contribution >= 4 is 5.97 Å². The Kier molecular flexibility index (Phi) is 4.62. The van der Waals surface area contributed by atoms with Gasteiger partial charge < -0.3 is 14.2 Å². The second-order valence-electron chi connectivity index (χ2n) is 3.82. The fraction of sp³-hybridized carbons (Fsp3) is 0.214. The number of pyridine rings is 2. The van der Waals surface area contributed by atoms with Crippen LogP contribution in [0.1, 0.15) is 10.5 Å². The van der Waals surface area contributed by atoms with Gasteiger partial charge in [0.1, 0.15) is 0 Å². The highest BCUT2D eigenvalue weighted by Crippen LogP contribution is 2.23. The molecule has 2 heterocycles. The van der Waals surface area contributed by atoms with Gasteiger partial charge in [-0.3, -0.25) is 4.98 Å². The Morgan fingerprint density at radius 1 is 1.15 bits per heavy atom. The average molecular weight is 274 g/mol. The van der Waals surface area contributed by atoms with Crippen LogP contribution in [0.5, 0.6) is 5.75 Å². The van der Waals surface area contributed by atoms with Crippen molar-refractivity contribution in [3.63, 3.8) is 0 Å². The van der Waals surface area contributed by atoms with Gasteiger partial charge in [-0.15, -0.1) is 0 Å². The van der Waals surface area contributed by atoms with Crippen LogP contribution < -0.4 is 4.74 Å². The first-order chi connectivity index (χ1) is 9.76. The number of ether oxygens (including phenoxy) is 3. The van der Waals surface area contributed by atoms with E-state index >= 15 is 0 Å². The molecule has 2 aromatic rings. The molecular weight excluding hydrogens is 260 g/mol. The average Bonchev–Trinajstić information content (AvgIpc) is 2.53. The number of rotatable bonds is 5. The Bertz CT molecular complexity index is 587. The summed E-state index contributed by atoms with van der Waals surface area (Å²) in [7, 11) is 2.79. The maximum Gasteiger partial charge on any atom is 0.360 e. The molecule has 0 saturated heterocycles. The zero-order valence-electron chi connectivity index (χ0n) is 11.2. The normalized spacial score (nSPS) is 10.1. The zero-order chi connectivity index (χ0) is 14.4. The predicted octanol–water partition coefficient (Wildman–Crippen LogP) is 1.91. The summed E-state index contributed by atoms with van der Waals surface area (Å²) in [5.41, 5.74) is 1.60. The predicted molar refractivity (Wildman–Crippen MR) is 71.3 cm³/mol. The summed E-state index contributed by atoms with van der Waals surface area (Å²) in [4.78, 5) is 20.0. The van der Waals surface area contributed by atoms with E-state index in [2.05, 4.69) is 9.97 Å². The topological polar surface area (TPSA) is 70.5 Å².